The largest absolute Gasteiger partial charge is 0.396 e. The van der Waals surface area contributed by atoms with Crippen molar-refractivity contribution in [3.05, 3.63) is 11.9 Å². The van der Waals surface area contributed by atoms with Gasteiger partial charge in [-0.05, 0) is 37.5 Å². The molecule has 2 aliphatic rings. The minimum atomic E-state index is 0.258. The fourth-order valence-corrected chi connectivity index (χ4v) is 2.36. The van der Waals surface area contributed by atoms with E-state index in [0.717, 1.165) is 24.6 Å². The summed E-state index contributed by atoms with van der Waals surface area (Å²) in [6, 6.07) is 1.83. The summed E-state index contributed by atoms with van der Waals surface area (Å²) in [7, 11) is 0. The van der Waals surface area contributed by atoms with E-state index >= 15 is 0 Å². The van der Waals surface area contributed by atoms with Gasteiger partial charge in [0.2, 0.25) is 0 Å². The fraction of sp³-hybridized carbons (Fsp3) is 0.692. The number of hydrogen-bond acceptors (Lipinski definition) is 6. The lowest BCUT2D eigenvalue weighted by Gasteiger charge is -2.16. The van der Waals surface area contributed by atoms with Gasteiger partial charge in [-0.25, -0.2) is 15.8 Å². The Morgan fingerprint density at radius 1 is 1.32 bits per heavy atom. The summed E-state index contributed by atoms with van der Waals surface area (Å²) in [5, 5.41) is 12.4. The van der Waals surface area contributed by atoms with Gasteiger partial charge in [0.1, 0.15) is 17.5 Å². The molecule has 0 spiro atoms. The zero-order valence-corrected chi connectivity index (χ0v) is 11.0. The van der Waals surface area contributed by atoms with E-state index in [1.807, 2.05) is 6.07 Å². The lowest BCUT2D eigenvalue weighted by Crippen LogP contribution is -2.18. The summed E-state index contributed by atoms with van der Waals surface area (Å²) in [5.74, 6) is 8.32. The number of anilines is 2. The van der Waals surface area contributed by atoms with Crippen molar-refractivity contribution in [3.8, 4) is 0 Å². The van der Waals surface area contributed by atoms with Gasteiger partial charge in [0.05, 0.1) is 0 Å². The van der Waals surface area contributed by atoms with Crippen LogP contribution in [0.4, 0.5) is 11.6 Å². The molecular weight excluding hydrogens is 242 g/mol. The second-order valence-corrected chi connectivity index (χ2v) is 5.74. The summed E-state index contributed by atoms with van der Waals surface area (Å²) >= 11 is 0. The molecule has 3 rings (SSSR count). The Balaban J connectivity index is 1.68. The molecule has 0 unspecified atom stereocenters. The van der Waals surface area contributed by atoms with E-state index in [1.165, 1.54) is 25.7 Å². The van der Waals surface area contributed by atoms with Crippen LogP contribution in [0.25, 0.3) is 0 Å². The molecule has 6 heteroatoms. The molecule has 0 radical (unpaired) electrons. The predicted molar refractivity (Wildman–Crippen MR) is 73.7 cm³/mol. The molecule has 1 heterocycles. The van der Waals surface area contributed by atoms with Crippen molar-refractivity contribution >= 4 is 11.6 Å². The molecule has 2 aliphatic carbocycles. The summed E-state index contributed by atoms with van der Waals surface area (Å²) in [4.78, 5) is 8.94. The van der Waals surface area contributed by atoms with E-state index in [9.17, 15) is 0 Å². The van der Waals surface area contributed by atoms with E-state index in [-0.39, 0.29) is 12.0 Å². The van der Waals surface area contributed by atoms with E-state index in [4.69, 9.17) is 10.9 Å². The Morgan fingerprint density at radius 2 is 2.05 bits per heavy atom. The summed E-state index contributed by atoms with van der Waals surface area (Å²) in [6.07, 6.45) is 5.57. The maximum Gasteiger partial charge on any atom is 0.145 e. The van der Waals surface area contributed by atoms with Gasteiger partial charge in [0, 0.05) is 25.1 Å². The number of nitrogens with one attached hydrogen (secondary N) is 2. The molecule has 6 nitrogen and oxygen atoms in total. The zero-order valence-electron chi connectivity index (χ0n) is 11.0. The van der Waals surface area contributed by atoms with Crippen molar-refractivity contribution in [2.24, 2.45) is 11.3 Å². The molecule has 0 aliphatic heterocycles. The average molecular weight is 263 g/mol. The fourth-order valence-electron chi connectivity index (χ4n) is 2.36. The predicted octanol–water partition coefficient (Wildman–Crippen LogP) is 1.21. The molecule has 2 saturated carbocycles. The molecule has 2 fully saturated rings. The van der Waals surface area contributed by atoms with Crippen LogP contribution in [0.5, 0.6) is 0 Å². The number of nitrogen functional groups attached to an aromatic ring is 1. The standard InChI is InChI=1S/C13H21N5O/c14-18-11-7-10(16-12(17-11)9-1-2-9)15-8-13(3-4-13)5-6-19/h7,9,19H,1-6,8,14H2,(H2,15,16,17,18). The van der Waals surface area contributed by atoms with Crippen LogP contribution < -0.4 is 16.6 Å². The maximum atomic E-state index is 9.07. The third kappa shape index (κ3) is 2.96. The minimum Gasteiger partial charge on any atom is -0.396 e. The number of hydrazine groups is 1. The Hall–Kier alpha value is -1.40. The van der Waals surface area contributed by atoms with Crippen LogP contribution in [0.1, 0.15) is 43.8 Å². The first kappa shape index (κ1) is 12.6. The van der Waals surface area contributed by atoms with E-state index in [0.29, 0.717) is 11.7 Å². The van der Waals surface area contributed by atoms with Gasteiger partial charge < -0.3 is 15.8 Å². The van der Waals surface area contributed by atoms with E-state index < -0.39 is 0 Å². The van der Waals surface area contributed by atoms with Gasteiger partial charge in [0.15, 0.2) is 0 Å². The molecule has 1 aromatic heterocycles. The van der Waals surface area contributed by atoms with Crippen LogP contribution in [0.2, 0.25) is 0 Å². The summed E-state index contributed by atoms with van der Waals surface area (Å²) < 4.78 is 0. The monoisotopic (exact) mass is 263 g/mol. The third-order valence-electron chi connectivity index (χ3n) is 4.08. The van der Waals surface area contributed by atoms with Gasteiger partial charge in [-0.2, -0.15) is 0 Å². The zero-order chi connectivity index (χ0) is 13.3. The number of aliphatic hydroxyl groups excluding tert-OH is 1. The Labute approximate surface area is 112 Å². The van der Waals surface area contributed by atoms with Gasteiger partial charge in [-0.3, -0.25) is 0 Å². The van der Waals surface area contributed by atoms with Crippen molar-refractivity contribution in [2.75, 3.05) is 23.9 Å². The number of rotatable bonds is 7. The Morgan fingerprint density at radius 3 is 2.63 bits per heavy atom. The third-order valence-corrected chi connectivity index (χ3v) is 4.08. The van der Waals surface area contributed by atoms with Gasteiger partial charge in [0.25, 0.3) is 0 Å². The topological polar surface area (TPSA) is 96.1 Å². The molecule has 0 bridgehead atoms. The molecule has 0 atom stereocenters. The van der Waals surface area contributed by atoms with Crippen LogP contribution in [0.3, 0.4) is 0 Å². The van der Waals surface area contributed by atoms with Crippen molar-refractivity contribution in [1.29, 1.82) is 0 Å². The van der Waals surface area contributed by atoms with Crippen molar-refractivity contribution in [3.63, 3.8) is 0 Å². The highest BCUT2D eigenvalue weighted by Crippen LogP contribution is 2.48. The van der Waals surface area contributed by atoms with Crippen molar-refractivity contribution in [1.82, 2.24) is 9.97 Å². The minimum absolute atomic E-state index is 0.258. The quantitative estimate of drug-likeness (QED) is 0.436. The smallest absolute Gasteiger partial charge is 0.145 e. The molecule has 1 aromatic rings. The highest BCUT2D eigenvalue weighted by molar-refractivity contribution is 5.47. The number of nitrogens with zero attached hydrogens (tertiary/aromatic N) is 2. The number of hydrogen-bond donors (Lipinski definition) is 4. The number of nitrogens with two attached hydrogens (primary N) is 1. The van der Waals surface area contributed by atoms with E-state index in [2.05, 4.69) is 20.7 Å². The van der Waals surface area contributed by atoms with Crippen LogP contribution in [-0.2, 0) is 0 Å². The SMILES string of the molecule is NNc1cc(NCC2(CCO)CC2)nc(C2CC2)n1. The lowest BCUT2D eigenvalue weighted by molar-refractivity contribution is 0.253. The molecule has 5 N–H and O–H groups in total. The highest BCUT2D eigenvalue weighted by atomic mass is 16.3. The Kier molecular flexibility index (Phi) is 3.28. The first-order valence-electron chi connectivity index (χ1n) is 6.95. The van der Waals surface area contributed by atoms with Crippen LogP contribution in [0, 0.1) is 5.41 Å². The van der Waals surface area contributed by atoms with Crippen molar-refractivity contribution in [2.45, 2.75) is 38.0 Å². The molecule has 0 aromatic carbocycles. The van der Waals surface area contributed by atoms with Crippen LogP contribution >= 0.6 is 0 Å². The summed E-state index contributed by atoms with van der Waals surface area (Å²) in [6.45, 7) is 1.12. The van der Waals surface area contributed by atoms with Crippen LogP contribution in [0.15, 0.2) is 6.07 Å². The first-order valence-corrected chi connectivity index (χ1v) is 6.95. The highest BCUT2D eigenvalue weighted by Gasteiger charge is 2.41. The average Bonchev–Trinajstić information content (AvgIpc) is 3.31. The second-order valence-electron chi connectivity index (χ2n) is 5.74. The normalized spacial score (nSPS) is 20.1. The van der Waals surface area contributed by atoms with Gasteiger partial charge in [-0.1, -0.05) is 0 Å². The first-order chi connectivity index (χ1) is 9.24. The number of aromatic nitrogens is 2. The van der Waals surface area contributed by atoms with Crippen molar-refractivity contribution < 1.29 is 5.11 Å². The number of aliphatic hydroxyl groups is 1. The van der Waals surface area contributed by atoms with E-state index in [1.54, 1.807) is 0 Å². The summed E-state index contributed by atoms with van der Waals surface area (Å²) in [5.41, 5.74) is 2.87. The van der Waals surface area contributed by atoms with Gasteiger partial charge in [-0.15, -0.1) is 0 Å². The molecule has 0 amide bonds. The molecule has 0 saturated heterocycles. The maximum absolute atomic E-state index is 9.07. The Bertz CT molecular complexity index is 456. The lowest BCUT2D eigenvalue weighted by atomic mass is 10.0. The van der Waals surface area contributed by atoms with Crippen LogP contribution in [-0.4, -0.2) is 28.2 Å². The second kappa shape index (κ2) is 4.94. The molecule has 104 valence electrons. The molecular formula is C13H21N5O. The molecule has 19 heavy (non-hydrogen) atoms. The van der Waals surface area contributed by atoms with Gasteiger partial charge >= 0.3 is 0 Å².